The number of hydrogen-bond acceptors (Lipinski definition) is 4. The highest BCUT2D eigenvalue weighted by Gasteiger charge is 2.69. The Labute approximate surface area is 133 Å². The van der Waals surface area contributed by atoms with E-state index < -0.39 is 5.60 Å². The maximum Gasteiger partial charge on any atom is 0.463 e. The summed E-state index contributed by atoms with van der Waals surface area (Å²) >= 11 is 0. The van der Waals surface area contributed by atoms with Crippen molar-refractivity contribution in [2.45, 2.75) is 83.5 Å². The molecule has 0 N–H and O–H groups in total. The lowest BCUT2D eigenvalue weighted by atomic mass is 9.79. The lowest BCUT2D eigenvalue weighted by Gasteiger charge is -2.32. The van der Waals surface area contributed by atoms with E-state index in [0.29, 0.717) is 5.92 Å². The lowest BCUT2D eigenvalue weighted by Crippen LogP contribution is -2.41. The number of carbonyl (C=O) groups is 1. The second-order valence-corrected chi connectivity index (χ2v) is 8.82. The SMILES string of the molecule is CC(C)(C)OC(=O)N1CCC2C(B3OC(C)(C)C(C)(C)O3)C21. The van der Waals surface area contributed by atoms with Crippen LogP contribution in [-0.2, 0) is 14.0 Å². The molecule has 2 heterocycles. The van der Waals surface area contributed by atoms with Gasteiger partial charge in [-0.3, -0.25) is 0 Å². The Balaban J connectivity index is 1.65. The van der Waals surface area contributed by atoms with Gasteiger partial charge in [0.2, 0.25) is 0 Å². The number of likely N-dealkylation sites (tertiary alicyclic amines) is 1. The molecule has 0 aromatic carbocycles. The van der Waals surface area contributed by atoms with Crippen molar-refractivity contribution in [2.24, 2.45) is 5.92 Å². The molecule has 3 aliphatic rings. The Morgan fingerprint density at radius 1 is 1.18 bits per heavy atom. The minimum absolute atomic E-state index is 0.209. The van der Waals surface area contributed by atoms with Crippen LogP contribution in [0.3, 0.4) is 0 Å². The molecule has 5 nitrogen and oxygen atoms in total. The van der Waals surface area contributed by atoms with Gasteiger partial charge in [-0.2, -0.15) is 0 Å². The van der Waals surface area contributed by atoms with Crippen LogP contribution < -0.4 is 0 Å². The number of carbonyl (C=O) groups excluding carboxylic acids is 1. The molecular formula is C16H28BNO4. The summed E-state index contributed by atoms with van der Waals surface area (Å²) in [5.74, 6) is 0.768. The van der Waals surface area contributed by atoms with Crippen molar-refractivity contribution in [3.8, 4) is 0 Å². The summed E-state index contributed by atoms with van der Waals surface area (Å²) in [4.78, 5) is 14.2. The van der Waals surface area contributed by atoms with E-state index in [1.165, 1.54) is 0 Å². The summed E-state index contributed by atoms with van der Waals surface area (Å²) in [6.07, 6.45) is 0.803. The van der Waals surface area contributed by atoms with Crippen LogP contribution in [0.2, 0.25) is 5.82 Å². The highest BCUT2D eigenvalue weighted by Crippen LogP contribution is 2.60. The fourth-order valence-corrected chi connectivity index (χ4v) is 3.56. The number of rotatable bonds is 1. The summed E-state index contributed by atoms with van der Waals surface area (Å²) in [6, 6.07) is 0.213. The van der Waals surface area contributed by atoms with E-state index >= 15 is 0 Å². The number of piperidine rings is 1. The average molecular weight is 309 g/mol. The number of amides is 1. The molecule has 22 heavy (non-hydrogen) atoms. The van der Waals surface area contributed by atoms with E-state index in [1.54, 1.807) is 0 Å². The highest BCUT2D eigenvalue weighted by atomic mass is 16.7. The maximum atomic E-state index is 12.3. The second kappa shape index (κ2) is 4.63. The van der Waals surface area contributed by atoms with Gasteiger partial charge in [0, 0.05) is 18.4 Å². The summed E-state index contributed by atoms with van der Waals surface area (Å²) in [5, 5.41) is 0. The number of nitrogens with zero attached hydrogens (tertiary/aromatic N) is 1. The largest absolute Gasteiger partial charge is 0.463 e. The molecular weight excluding hydrogens is 281 g/mol. The van der Waals surface area contributed by atoms with E-state index in [1.807, 2.05) is 25.7 Å². The predicted octanol–water partition coefficient (Wildman–Crippen LogP) is 3.09. The van der Waals surface area contributed by atoms with E-state index in [0.717, 1.165) is 13.0 Å². The molecule has 3 unspecified atom stereocenters. The average Bonchev–Trinajstić information content (AvgIpc) is 2.75. The van der Waals surface area contributed by atoms with Gasteiger partial charge >= 0.3 is 13.2 Å². The van der Waals surface area contributed by atoms with Crippen molar-refractivity contribution in [3.63, 3.8) is 0 Å². The minimum Gasteiger partial charge on any atom is -0.444 e. The van der Waals surface area contributed by atoms with Gasteiger partial charge in [-0.05, 0) is 60.8 Å². The third-order valence-electron chi connectivity index (χ3n) is 5.46. The quantitative estimate of drug-likeness (QED) is 0.698. The van der Waals surface area contributed by atoms with Crippen molar-refractivity contribution in [1.29, 1.82) is 0 Å². The van der Waals surface area contributed by atoms with Crippen LogP contribution in [0, 0.1) is 5.92 Å². The van der Waals surface area contributed by atoms with E-state index in [-0.39, 0.29) is 36.3 Å². The van der Waals surface area contributed by atoms with Crippen LogP contribution in [0.5, 0.6) is 0 Å². The van der Waals surface area contributed by atoms with E-state index in [9.17, 15) is 4.79 Å². The summed E-state index contributed by atoms with van der Waals surface area (Å²) in [6.45, 7) is 14.7. The van der Waals surface area contributed by atoms with Crippen LogP contribution in [-0.4, -0.2) is 47.5 Å². The molecule has 3 atom stereocenters. The van der Waals surface area contributed by atoms with Crippen LogP contribution in [0.4, 0.5) is 4.79 Å². The molecule has 3 rings (SSSR count). The summed E-state index contributed by atoms with van der Waals surface area (Å²) in [5.41, 5.74) is -1.08. The topological polar surface area (TPSA) is 48.0 Å². The van der Waals surface area contributed by atoms with Gasteiger partial charge in [-0.1, -0.05) is 0 Å². The molecule has 2 saturated heterocycles. The van der Waals surface area contributed by atoms with Gasteiger partial charge < -0.3 is 18.9 Å². The first-order valence-corrected chi connectivity index (χ1v) is 8.28. The van der Waals surface area contributed by atoms with Crippen molar-refractivity contribution in [3.05, 3.63) is 0 Å². The first kappa shape index (κ1) is 16.1. The van der Waals surface area contributed by atoms with Crippen molar-refractivity contribution < 1.29 is 18.8 Å². The summed E-state index contributed by atoms with van der Waals surface area (Å²) < 4.78 is 17.8. The van der Waals surface area contributed by atoms with Gasteiger partial charge in [0.05, 0.1) is 11.2 Å². The third kappa shape index (κ3) is 2.54. The Hall–Kier alpha value is -0.745. The zero-order chi connectivity index (χ0) is 16.5. The van der Waals surface area contributed by atoms with Gasteiger partial charge in [-0.25, -0.2) is 4.79 Å². The monoisotopic (exact) mass is 309 g/mol. The molecule has 0 radical (unpaired) electrons. The van der Waals surface area contributed by atoms with Gasteiger partial charge in [-0.15, -0.1) is 0 Å². The Bertz CT molecular complexity index is 469. The van der Waals surface area contributed by atoms with E-state index in [2.05, 4.69) is 27.7 Å². The molecule has 2 aliphatic heterocycles. The Kier molecular flexibility index (Phi) is 3.40. The van der Waals surface area contributed by atoms with Crippen LogP contribution >= 0.6 is 0 Å². The van der Waals surface area contributed by atoms with Crippen LogP contribution in [0.15, 0.2) is 0 Å². The summed E-state index contributed by atoms with van der Waals surface area (Å²) in [7, 11) is -0.217. The molecule has 0 bridgehead atoms. The third-order valence-corrected chi connectivity index (χ3v) is 5.46. The maximum absolute atomic E-state index is 12.3. The normalized spacial score (nSPS) is 35.5. The predicted molar refractivity (Wildman–Crippen MR) is 84.7 cm³/mol. The Morgan fingerprint density at radius 2 is 1.73 bits per heavy atom. The van der Waals surface area contributed by atoms with E-state index in [4.69, 9.17) is 14.0 Å². The zero-order valence-corrected chi connectivity index (χ0v) is 14.8. The molecule has 0 spiro atoms. The van der Waals surface area contributed by atoms with Crippen molar-refractivity contribution >= 4 is 13.2 Å². The van der Waals surface area contributed by atoms with Crippen LogP contribution in [0.1, 0.15) is 54.9 Å². The first-order valence-electron chi connectivity index (χ1n) is 8.28. The standard InChI is InChI=1S/C16H28BNO4/c1-14(2,3)20-13(19)18-9-8-10-11(12(10)18)17-21-15(4,5)16(6,7)22-17/h10-12H,8-9H2,1-7H3. The van der Waals surface area contributed by atoms with Gasteiger partial charge in [0.25, 0.3) is 0 Å². The van der Waals surface area contributed by atoms with Gasteiger partial charge in [0.1, 0.15) is 5.60 Å². The molecule has 3 fully saturated rings. The molecule has 124 valence electrons. The lowest BCUT2D eigenvalue weighted by molar-refractivity contribution is 0.00578. The smallest absolute Gasteiger partial charge is 0.444 e. The molecule has 1 amide bonds. The van der Waals surface area contributed by atoms with Crippen molar-refractivity contribution in [2.75, 3.05) is 6.54 Å². The zero-order valence-electron chi connectivity index (χ0n) is 14.8. The molecule has 1 saturated carbocycles. The Morgan fingerprint density at radius 3 is 2.23 bits per heavy atom. The second-order valence-electron chi connectivity index (χ2n) is 8.82. The number of ether oxygens (including phenoxy) is 1. The van der Waals surface area contributed by atoms with Crippen molar-refractivity contribution in [1.82, 2.24) is 4.90 Å². The molecule has 0 aromatic rings. The van der Waals surface area contributed by atoms with Crippen LogP contribution in [0.25, 0.3) is 0 Å². The fourth-order valence-electron chi connectivity index (χ4n) is 3.56. The molecule has 0 aromatic heterocycles. The highest BCUT2D eigenvalue weighted by molar-refractivity contribution is 6.49. The minimum atomic E-state index is -0.454. The first-order chi connectivity index (χ1) is 9.93. The number of fused-ring (bicyclic) bond motifs is 1. The number of hydrogen-bond donors (Lipinski definition) is 0. The fraction of sp³-hybridized carbons (Fsp3) is 0.938. The molecule has 6 heteroatoms. The van der Waals surface area contributed by atoms with Gasteiger partial charge in [0.15, 0.2) is 0 Å². The molecule has 1 aliphatic carbocycles.